The van der Waals surface area contributed by atoms with Gasteiger partial charge >= 0.3 is 5.97 Å². The van der Waals surface area contributed by atoms with E-state index >= 15 is 0 Å². The first kappa shape index (κ1) is 49.2. The molecule has 3 aromatic rings. The van der Waals surface area contributed by atoms with Crippen molar-refractivity contribution in [1.29, 1.82) is 0 Å². The van der Waals surface area contributed by atoms with Gasteiger partial charge in [0.15, 0.2) is 0 Å². The number of hydrogen-bond acceptors (Lipinski definition) is 10. The number of amides is 5. The van der Waals surface area contributed by atoms with Gasteiger partial charge < -0.3 is 47.4 Å². The number of unbranched alkanes of at least 4 members (excludes halogenated alkanes) is 1. The van der Waals surface area contributed by atoms with E-state index in [-0.39, 0.29) is 41.1 Å². The van der Waals surface area contributed by atoms with Gasteiger partial charge in [-0.3, -0.25) is 34.1 Å². The number of alkyl halides is 1. The number of carbonyl (C=O) groups excluding carboxylic acids is 5. The van der Waals surface area contributed by atoms with Gasteiger partial charge in [0.05, 0.1) is 16.4 Å². The Morgan fingerprint density at radius 3 is 2.02 bits per heavy atom. The summed E-state index contributed by atoms with van der Waals surface area (Å²) in [6.07, 6.45) is 8.36. The van der Waals surface area contributed by atoms with E-state index in [9.17, 15) is 33.9 Å². The number of carboxylic acids is 1. The highest BCUT2D eigenvalue weighted by Gasteiger charge is 2.34. The van der Waals surface area contributed by atoms with Crippen LogP contribution in [0.5, 0.6) is 0 Å². The third kappa shape index (κ3) is 15.7. The van der Waals surface area contributed by atoms with Crippen LogP contribution in [0.1, 0.15) is 71.6 Å². The Hall–Kier alpha value is -4.21. The van der Waals surface area contributed by atoms with E-state index in [1.807, 2.05) is 30.5 Å². The molecule has 326 valence electrons. The van der Waals surface area contributed by atoms with Crippen LogP contribution in [0, 0.1) is 11.8 Å². The smallest absolute Gasteiger partial charge is 0.325 e. The van der Waals surface area contributed by atoms with Crippen LogP contribution in [0.15, 0.2) is 43.0 Å². The van der Waals surface area contributed by atoms with Crippen LogP contribution in [-0.2, 0) is 41.6 Å². The minimum absolute atomic E-state index is 0.00171. The number of rotatable bonds is 26. The van der Waals surface area contributed by atoms with Crippen molar-refractivity contribution in [3.05, 3.63) is 54.2 Å². The van der Waals surface area contributed by atoms with Gasteiger partial charge in [-0.2, -0.15) is 11.8 Å². The first-order chi connectivity index (χ1) is 28.1. The second kappa shape index (κ2) is 24.8. The minimum Gasteiger partial charge on any atom is -0.480 e. The number of para-hydroxylation sites is 1. The van der Waals surface area contributed by atoms with Gasteiger partial charge in [-0.25, -0.2) is 4.98 Å². The molecule has 0 unspecified atom stereocenters. The zero-order valence-electron chi connectivity index (χ0n) is 34.6. The fraction of sp³-hybridized carbons (Fsp3) is 0.575. The molecule has 0 aliphatic rings. The molecule has 19 heteroatoms. The van der Waals surface area contributed by atoms with E-state index < -0.39 is 65.8 Å². The molecule has 0 spiro atoms. The van der Waals surface area contributed by atoms with Gasteiger partial charge in [0.1, 0.15) is 30.2 Å². The first-order valence-corrected chi connectivity index (χ1v) is 22.6. The maximum atomic E-state index is 14.4. The van der Waals surface area contributed by atoms with E-state index in [1.54, 1.807) is 31.8 Å². The summed E-state index contributed by atoms with van der Waals surface area (Å²) in [6.45, 7) is 9.37. The van der Waals surface area contributed by atoms with Gasteiger partial charge in [0.2, 0.25) is 29.5 Å². The van der Waals surface area contributed by atoms with Crippen LogP contribution in [0.3, 0.4) is 0 Å². The average molecular weight is 953 g/mol. The topological polar surface area (TPSA) is 265 Å². The molecule has 17 nitrogen and oxygen atoms in total. The van der Waals surface area contributed by atoms with E-state index in [0.29, 0.717) is 37.1 Å². The number of benzene rings is 1. The lowest BCUT2D eigenvalue weighted by atomic mass is 10.00. The first-order valence-electron chi connectivity index (χ1n) is 19.9. The van der Waals surface area contributed by atoms with E-state index in [0.717, 1.165) is 16.7 Å². The van der Waals surface area contributed by atoms with Crippen LogP contribution >= 0.6 is 34.4 Å². The molecule has 2 aromatic heterocycles. The zero-order chi connectivity index (χ0) is 43.6. The lowest BCUT2D eigenvalue weighted by molar-refractivity contribution is -0.141. The summed E-state index contributed by atoms with van der Waals surface area (Å²) in [5.74, 6) is -3.63. The summed E-state index contributed by atoms with van der Waals surface area (Å²) in [6, 6.07) is 1.06. The number of nitrogens with two attached hydrogens (primary N) is 1. The summed E-state index contributed by atoms with van der Waals surface area (Å²) in [7, 11) is 0. The lowest BCUT2D eigenvalue weighted by Gasteiger charge is -2.29. The highest BCUT2D eigenvalue weighted by atomic mass is 127. The number of carbonyl (C=O) groups is 6. The van der Waals surface area contributed by atoms with Crippen LogP contribution in [0.25, 0.3) is 10.9 Å². The number of aliphatic carboxylic acids is 1. The van der Waals surface area contributed by atoms with Crippen LogP contribution in [-0.4, -0.2) is 114 Å². The van der Waals surface area contributed by atoms with Gasteiger partial charge in [-0.15, -0.1) is 0 Å². The summed E-state index contributed by atoms with van der Waals surface area (Å²) in [5.41, 5.74) is 7.73. The van der Waals surface area contributed by atoms with Crippen molar-refractivity contribution in [3.8, 4) is 0 Å². The van der Waals surface area contributed by atoms with Crippen molar-refractivity contribution in [3.63, 3.8) is 0 Å². The normalized spacial score (nSPS) is 15.1. The van der Waals surface area contributed by atoms with Crippen molar-refractivity contribution in [2.45, 2.75) is 113 Å². The predicted molar refractivity (Wildman–Crippen MR) is 238 cm³/mol. The third-order valence-corrected chi connectivity index (χ3v) is 12.2. The molecule has 0 fully saturated rings. The molecule has 7 atom stereocenters. The fourth-order valence-corrected chi connectivity index (χ4v) is 7.10. The molecule has 2 heterocycles. The summed E-state index contributed by atoms with van der Waals surface area (Å²) < 4.78 is 0.0114. The minimum atomic E-state index is -1.25. The average Bonchev–Trinajstić information content (AvgIpc) is 3.87. The Balaban J connectivity index is 1.94. The Kier molecular flexibility index (Phi) is 20.6. The van der Waals surface area contributed by atoms with Crippen LogP contribution < -0.4 is 37.6 Å². The Morgan fingerprint density at radius 1 is 0.780 bits per heavy atom. The lowest BCUT2D eigenvalue weighted by Crippen LogP contribution is -2.61. The molecule has 1 aromatic carbocycles. The standard InChI is InChI=1S/C40H61IN10O7S/c1-22(2)33(51-36(53)30(14-16-59-6)47-34(41)23(3)4)39(56)50-32(18-26-20-43-21-45-26)38(55)49-31(17-25-19-44-28-12-8-7-11-27(25)28)37(54)48-29(13-9-10-15-42)35(52)46-24(5)40(57)58/h7-8,11-12,19-24,29-34,44,47H,9-10,13-18,42H2,1-6H3,(H,43,45)(H,46,52)(H,48,54)(H,49,55)(H,50,56)(H,51,53)(H,57,58)/t24-,29-,30-,31-,32-,33-,34+/m0/s1. The monoisotopic (exact) mass is 952 g/mol. The maximum absolute atomic E-state index is 14.4. The Labute approximate surface area is 363 Å². The fourth-order valence-electron chi connectivity index (χ4n) is 6.20. The number of nitrogens with one attached hydrogen (secondary N) is 8. The van der Waals surface area contributed by atoms with E-state index in [4.69, 9.17) is 5.73 Å². The molecule has 0 aliphatic heterocycles. The second-order valence-electron chi connectivity index (χ2n) is 15.3. The number of aromatic amines is 2. The molecular formula is C40H61IN10O7S. The number of aromatic nitrogens is 3. The van der Waals surface area contributed by atoms with Crippen molar-refractivity contribution in [1.82, 2.24) is 46.9 Å². The maximum Gasteiger partial charge on any atom is 0.325 e. The number of carboxylic acid groups (broad SMARTS) is 1. The van der Waals surface area contributed by atoms with E-state index in [2.05, 4.69) is 83.3 Å². The van der Waals surface area contributed by atoms with Crippen molar-refractivity contribution >= 4 is 80.8 Å². The van der Waals surface area contributed by atoms with Gasteiger partial charge in [-0.1, -0.05) is 68.5 Å². The largest absolute Gasteiger partial charge is 0.480 e. The van der Waals surface area contributed by atoms with Crippen LogP contribution in [0.4, 0.5) is 0 Å². The van der Waals surface area contributed by atoms with Gasteiger partial charge in [-0.05, 0) is 74.6 Å². The predicted octanol–water partition coefficient (Wildman–Crippen LogP) is 2.12. The third-order valence-electron chi connectivity index (χ3n) is 9.77. The number of fused-ring (bicyclic) bond motifs is 1. The summed E-state index contributed by atoms with van der Waals surface area (Å²) in [5, 5.41) is 27.4. The van der Waals surface area contributed by atoms with Crippen molar-refractivity contribution in [2.24, 2.45) is 17.6 Å². The number of hydrogen-bond donors (Lipinski definition) is 10. The molecule has 11 N–H and O–H groups in total. The highest BCUT2D eigenvalue weighted by Crippen LogP contribution is 2.20. The van der Waals surface area contributed by atoms with Gasteiger partial charge in [0, 0.05) is 41.8 Å². The Bertz CT molecular complexity index is 1820. The summed E-state index contributed by atoms with van der Waals surface area (Å²) in [4.78, 5) is 91.5. The number of imidazole rings is 1. The molecule has 59 heavy (non-hydrogen) atoms. The SMILES string of the molecule is CSCC[C@H](N[C@@H](I)C(C)C)C(=O)N[C@H](C(=O)N[C@@H](Cc1cnc[nH]1)C(=O)N[C@@H](Cc1c[nH]c2ccccc12)C(=O)N[C@@H](CCCCN)C(=O)N[C@@H](C)C(=O)O)C(C)C. The quantitative estimate of drug-likeness (QED) is 0.0241. The van der Waals surface area contributed by atoms with Crippen molar-refractivity contribution < 1.29 is 33.9 Å². The number of nitrogens with zero attached hydrogens (tertiary/aromatic N) is 1. The molecule has 0 bridgehead atoms. The zero-order valence-corrected chi connectivity index (χ0v) is 37.6. The van der Waals surface area contributed by atoms with Gasteiger partial charge in [0.25, 0.3) is 0 Å². The molecule has 3 rings (SSSR count). The second-order valence-corrected chi connectivity index (χ2v) is 17.6. The number of halogens is 1. The molecule has 0 aliphatic carbocycles. The number of thioether (sulfide) groups is 1. The molecule has 0 saturated carbocycles. The van der Waals surface area contributed by atoms with E-state index in [1.165, 1.54) is 19.4 Å². The summed E-state index contributed by atoms with van der Waals surface area (Å²) >= 11 is 3.88. The molecular weight excluding hydrogens is 891 g/mol. The molecule has 5 amide bonds. The highest BCUT2D eigenvalue weighted by molar-refractivity contribution is 14.1. The number of H-pyrrole nitrogens is 2. The van der Waals surface area contributed by atoms with Crippen molar-refractivity contribution in [2.75, 3.05) is 18.6 Å². The van der Waals surface area contributed by atoms with Crippen LogP contribution in [0.2, 0.25) is 0 Å². The Morgan fingerprint density at radius 2 is 1.41 bits per heavy atom. The molecule has 0 radical (unpaired) electrons. The molecule has 0 saturated heterocycles.